The van der Waals surface area contributed by atoms with Crippen LogP contribution in [0.2, 0.25) is 0 Å². The number of β-amino-alcohol motifs (C(OH)–C–C–N with tert-alkyl or cyclic N) is 1. The van der Waals surface area contributed by atoms with Crippen LogP contribution in [-0.2, 0) is 0 Å². The predicted molar refractivity (Wildman–Crippen MR) is 78.3 cm³/mol. The van der Waals surface area contributed by atoms with Crippen molar-refractivity contribution in [2.24, 2.45) is 0 Å². The molecule has 6 nitrogen and oxygen atoms in total. The molecule has 1 aliphatic heterocycles. The Morgan fingerprint density at radius 3 is 2.81 bits per heavy atom. The number of likely N-dealkylation sites (N-methyl/N-ethyl adjacent to an activating group) is 1. The second-order valence-electron chi connectivity index (χ2n) is 5.22. The number of para-hydroxylation sites is 1. The van der Waals surface area contributed by atoms with Crippen LogP contribution < -0.4 is 5.32 Å². The first-order chi connectivity index (χ1) is 10.2. The number of rotatable bonds is 3. The minimum atomic E-state index is -0.525. The van der Waals surface area contributed by atoms with Crippen LogP contribution in [0.1, 0.15) is 10.4 Å². The van der Waals surface area contributed by atoms with Gasteiger partial charge in [0.25, 0.3) is 5.91 Å². The van der Waals surface area contributed by atoms with Crippen LogP contribution in [-0.4, -0.2) is 58.0 Å². The smallest absolute Gasteiger partial charge is 0.257 e. The van der Waals surface area contributed by atoms with E-state index in [-0.39, 0.29) is 11.9 Å². The van der Waals surface area contributed by atoms with Crippen LogP contribution in [0.25, 0.3) is 5.69 Å². The highest BCUT2D eigenvalue weighted by Crippen LogP contribution is 2.13. The maximum atomic E-state index is 12.5. The lowest BCUT2D eigenvalue weighted by molar-refractivity contribution is 0.0581. The number of nitrogens with one attached hydrogen (secondary N) is 1. The summed E-state index contributed by atoms with van der Waals surface area (Å²) in [5.74, 6) is -0.134. The average Bonchev–Trinajstić information content (AvgIpc) is 3.15. The van der Waals surface area contributed by atoms with Gasteiger partial charge in [-0.05, 0) is 12.1 Å². The van der Waals surface area contributed by atoms with Gasteiger partial charge in [0, 0.05) is 26.3 Å². The average molecular weight is 286 g/mol. The Labute approximate surface area is 123 Å². The number of carbonyl (C=O) groups excluding carboxylic acids is 1. The van der Waals surface area contributed by atoms with E-state index in [2.05, 4.69) is 10.4 Å². The topological polar surface area (TPSA) is 70.4 Å². The van der Waals surface area contributed by atoms with Gasteiger partial charge in [-0.2, -0.15) is 5.10 Å². The minimum absolute atomic E-state index is 0.134. The molecule has 3 rings (SSSR count). The molecule has 2 N–H and O–H groups in total. The van der Waals surface area contributed by atoms with Crippen molar-refractivity contribution in [2.75, 3.05) is 20.1 Å². The van der Waals surface area contributed by atoms with E-state index in [1.54, 1.807) is 29.0 Å². The first-order valence-corrected chi connectivity index (χ1v) is 6.93. The molecular weight excluding hydrogens is 268 g/mol. The Bertz CT molecular complexity index is 626. The van der Waals surface area contributed by atoms with Gasteiger partial charge in [-0.1, -0.05) is 18.2 Å². The van der Waals surface area contributed by atoms with Crippen molar-refractivity contribution in [1.29, 1.82) is 0 Å². The summed E-state index contributed by atoms with van der Waals surface area (Å²) in [5.41, 5.74) is 1.42. The monoisotopic (exact) mass is 286 g/mol. The molecule has 21 heavy (non-hydrogen) atoms. The van der Waals surface area contributed by atoms with Crippen molar-refractivity contribution in [3.63, 3.8) is 0 Å². The van der Waals surface area contributed by atoms with Crippen LogP contribution in [0, 0.1) is 0 Å². The van der Waals surface area contributed by atoms with Crippen molar-refractivity contribution in [1.82, 2.24) is 20.0 Å². The van der Waals surface area contributed by atoms with Crippen LogP contribution in [0.15, 0.2) is 42.7 Å². The maximum absolute atomic E-state index is 12.5. The fourth-order valence-corrected chi connectivity index (χ4v) is 2.56. The predicted octanol–water partition coefficient (Wildman–Crippen LogP) is 0.277. The second-order valence-corrected chi connectivity index (χ2v) is 5.22. The third-order valence-corrected chi connectivity index (χ3v) is 3.82. The fourth-order valence-electron chi connectivity index (χ4n) is 2.56. The fraction of sp³-hybridized carbons (Fsp3) is 0.333. The number of nitrogens with zero attached hydrogens (tertiary/aromatic N) is 3. The molecule has 0 unspecified atom stereocenters. The van der Waals surface area contributed by atoms with E-state index < -0.39 is 6.10 Å². The van der Waals surface area contributed by atoms with Crippen molar-refractivity contribution >= 4 is 5.91 Å². The van der Waals surface area contributed by atoms with Crippen molar-refractivity contribution in [2.45, 2.75) is 12.1 Å². The van der Waals surface area contributed by atoms with Crippen molar-refractivity contribution < 1.29 is 9.90 Å². The zero-order valence-corrected chi connectivity index (χ0v) is 11.8. The normalized spacial score (nSPS) is 21.4. The molecule has 0 spiro atoms. The molecule has 1 aliphatic rings. The molecule has 2 atom stereocenters. The third-order valence-electron chi connectivity index (χ3n) is 3.82. The van der Waals surface area contributed by atoms with Gasteiger partial charge in [0.05, 0.1) is 29.6 Å². The van der Waals surface area contributed by atoms with Gasteiger partial charge in [0.1, 0.15) is 0 Å². The number of benzene rings is 1. The Morgan fingerprint density at radius 1 is 1.38 bits per heavy atom. The van der Waals surface area contributed by atoms with Crippen LogP contribution in [0.5, 0.6) is 0 Å². The molecule has 1 aromatic carbocycles. The quantitative estimate of drug-likeness (QED) is 0.850. The highest BCUT2D eigenvalue weighted by Gasteiger charge is 2.31. The number of hydrogen-bond acceptors (Lipinski definition) is 4. The molecule has 110 valence electrons. The summed E-state index contributed by atoms with van der Waals surface area (Å²) >= 11 is 0. The highest BCUT2D eigenvalue weighted by atomic mass is 16.3. The van der Waals surface area contributed by atoms with E-state index in [9.17, 15) is 9.90 Å². The van der Waals surface area contributed by atoms with E-state index in [1.165, 1.54) is 0 Å². The highest BCUT2D eigenvalue weighted by molar-refractivity contribution is 5.94. The molecule has 1 aromatic heterocycles. The number of amides is 1. The largest absolute Gasteiger partial charge is 0.390 e. The Morgan fingerprint density at radius 2 is 2.14 bits per heavy atom. The summed E-state index contributed by atoms with van der Waals surface area (Å²) < 4.78 is 1.67. The van der Waals surface area contributed by atoms with Gasteiger partial charge >= 0.3 is 0 Å². The molecule has 2 heterocycles. The van der Waals surface area contributed by atoms with E-state index in [0.29, 0.717) is 18.7 Å². The number of carbonyl (C=O) groups is 1. The Balaban J connectivity index is 1.78. The summed E-state index contributed by atoms with van der Waals surface area (Å²) in [4.78, 5) is 14.0. The van der Waals surface area contributed by atoms with E-state index in [0.717, 1.165) is 5.69 Å². The molecule has 6 heteroatoms. The minimum Gasteiger partial charge on any atom is -0.390 e. The summed E-state index contributed by atoms with van der Waals surface area (Å²) in [6.07, 6.45) is 2.74. The van der Waals surface area contributed by atoms with Gasteiger partial charge in [-0.3, -0.25) is 4.79 Å². The SMILES string of the molecule is CN(C(=O)c1cnn(-c2ccccc2)c1)[C@H]1CNC[C@@H]1O. The zero-order valence-electron chi connectivity index (χ0n) is 11.8. The summed E-state index contributed by atoms with van der Waals surface area (Å²) in [7, 11) is 1.71. The van der Waals surface area contributed by atoms with Gasteiger partial charge in [0.2, 0.25) is 0 Å². The molecule has 0 saturated carbocycles. The number of aliphatic hydroxyl groups excluding tert-OH is 1. The number of hydrogen-bond donors (Lipinski definition) is 2. The first kappa shape index (κ1) is 13.8. The molecule has 2 aromatic rings. The number of aromatic nitrogens is 2. The standard InChI is InChI=1S/C15H18N4O2/c1-18(13-8-16-9-14(13)20)15(21)11-7-17-19(10-11)12-5-3-2-4-6-12/h2-7,10,13-14,16,20H,8-9H2,1H3/t13-,14-/m0/s1. The lowest BCUT2D eigenvalue weighted by Crippen LogP contribution is -2.44. The van der Waals surface area contributed by atoms with Crippen LogP contribution >= 0.6 is 0 Å². The number of aliphatic hydroxyl groups is 1. The van der Waals surface area contributed by atoms with E-state index in [4.69, 9.17) is 0 Å². The van der Waals surface area contributed by atoms with Gasteiger partial charge in [-0.25, -0.2) is 4.68 Å². The van der Waals surface area contributed by atoms with Crippen LogP contribution in [0.4, 0.5) is 0 Å². The molecule has 0 radical (unpaired) electrons. The second kappa shape index (κ2) is 5.67. The lowest BCUT2D eigenvalue weighted by Gasteiger charge is -2.25. The third kappa shape index (κ3) is 2.68. The van der Waals surface area contributed by atoms with Crippen LogP contribution in [0.3, 0.4) is 0 Å². The molecule has 0 aliphatic carbocycles. The Hall–Kier alpha value is -2.18. The molecule has 1 amide bonds. The maximum Gasteiger partial charge on any atom is 0.257 e. The summed E-state index contributed by atoms with van der Waals surface area (Å²) in [5, 5.41) is 17.2. The molecule has 0 bridgehead atoms. The summed E-state index contributed by atoms with van der Waals surface area (Å²) in [6, 6.07) is 9.43. The van der Waals surface area contributed by atoms with Crippen molar-refractivity contribution in [3.05, 3.63) is 48.3 Å². The van der Waals surface area contributed by atoms with Gasteiger partial charge < -0.3 is 15.3 Å². The molecule has 1 saturated heterocycles. The molecule has 1 fully saturated rings. The van der Waals surface area contributed by atoms with E-state index >= 15 is 0 Å². The van der Waals surface area contributed by atoms with Gasteiger partial charge in [0.15, 0.2) is 0 Å². The lowest BCUT2D eigenvalue weighted by atomic mass is 10.1. The Kier molecular flexibility index (Phi) is 3.72. The first-order valence-electron chi connectivity index (χ1n) is 6.93. The van der Waals surface area contributed by atoms with E-state index in [1.807, 2.05) is 30.3 Å². The van der Waals surface area contributed by atoms with Gasteiger partial charge in [-0.15, -0.1) is 0 Å². The summed E-state index contributed by atoms with van der Waals surface area (Å²) in [6.45, 7) is 1.13. The zero-order chi connectivity index (χ0) is 14.8. The van der Waals surface area contributed by atoms with Crippen molar-refractivity contribution in [3.8, 4) is 5.69 Å². The molecular formula is C15H18N4O2.